The lowest BCUT2D eigenvalue weighted by Crippen LogP contribution is -2.39. The van der Waals surface area contributed by atoms with Crippen LogP contribution in [0.15, 0.2) is 46.2 Å². The molecule has 0 saturated carbocycles. The molecule has 1 saturated heterocycles. The molecular formula is C25H29N5O6S. The van der Waals surface area contributed by atoms with Crippen molar-refractivity contribution >= 4 is 38.2 Å². The van der Waals surface area contributed by atoms with E-state index in [-0.39, 0.29) is 34.2 Å². The average molecular weight is 528 g/mol. The van der Waals surface area contributed by atoms with E-state index in [9.17, 15) is 23.3 Å². The van der Waals surface area contributed by atoms with Crippen molar-refractivity contribution in [3.63, 3.8) is 0 Å². The van der Waals surface area contributed by atoms with Gasteiger partial charge in [0, 0.05) is 24.1 Å². The highest BCUT2D eigenvalue weighted by molar-refractivity contribution is 7.90. The van der Waals surface area contributed by atoms with E-state index in [0.717, 1.165) is 6.26 Å². The van der Waals surface area contributed by atoms with E-state index < -0.39 is 33.6 Å². The molecule has 0 spiro atoms. The number of H-pyrrole nitrogens is 1. The van der Waals surface area contributed by atoms with Crippen LogP contribution in [0.3, 0.4) is 0 Å². The molecule has 3 aromatic rings. The van der Waals surface area contributed by atoms with Gasteiger partial charge in [-0.2, -0.15) is 10.4 Å². The lowest BCUT2D eigenvalue weighted by atomic mass is 9.92. The lowest BCUT2D eigenvalue weighted by Gasteiger charge is -2.32. The van der Waals surface area contributed by atoms with Crippen LogP contribution in [-0.4, -0.2) is 53.7 Å². The van der Waals surface area contributed by atoms with Crippen LogP contribution in [0.1, 0.15) is 39.7 Å². The van der Waals surface area contributed by atoms with E-state index >= 15 is 0 Å². The zero-order chi connectivity index (χ0) is 27.0. The molecule has 1 aliphatic heterocycles. The minimum atomic E-state index is -3.35. The van der Waals surface area contributed by atoms with Crippen molar-refractivity contribution in [3.8, 4) is 6.07 Å². The Balaban J connectivity index is 1.60. The zero-order valence-corrected chi connectivity index (χ0v) is 21.8. The van der Waals surface area contributed by atoms with Crippen molar-refractivity contribution in [2.45, 2.75) is 56.3 Å². The number of carbonyl (C=O) groups excluding carboxylic acids is 1. The molecule has 12 heteroatoms. The summed E-state index contributed by atoms with van der Waals surface area (Å²) in [6, 6.07) is 9.26. The number of aromatic nitrogens is 3. The molecule has 4 rings (SSSR count). The second kappa shape index (κ2) is 9.99. The predicted octanol–water partition coefficient (Wildman–Crippen LogP) is 3.07. The zero-order valence-electron chi connectivity index (χ0n) is 21.0. The van der Waals surface area contributed by atoms with Gasteiger partial charge in [0.05, 0.1) is 23.1 Å². The van der Waals surface area contributed by atoms with Gasteiger partial charge in [0.1, 0.15) is 17.0 Å². The van der Waals surface area contributed by atoms with Crippen LogP contribution in [0, 0.1) is 17.2 Å². The number of sulfone groups is 1. The fourth-order valence-electron chi connectivity index (χ4n) is 4.26. The van der Waals surface area contributed by atoms with Gasteiger partial charge in [-0.3, -0.25) is 4.79 Å². The number of pyridine rings is 1. The van der Waals surface area contributed by atoms with E-state index in [1.165, 1.54) is 23.0 Å². The molecule has 0 aliphatic carbocycles. The number of fused-ring (bicyclic) bond motifs is 1. The molecule has 0 amide bonds. The van der Waals surface area contributed by atoms with E-state index in [1.807, 2.05) is 0 Å². The van der Waals surface area contributed by atoms with Gasteiger partial charge in [-0.15, -0.1) is 0 Å². The van der Waals surface area contributed by atoms with E-state index in [1.54, 1.807) is 39.0 Å². The second-order valence-electron chi connectivity index (χ2n) is 10.0. The Morgan fingerprint density at radius 1 is 1.27 bits per heavy atom. The Bertz CT molecular complexity index is 1500. The first-order chi connectivity index (χ1) is 17.4. The maximum absolute atomic E-state index is 12.7. The van der Waals surface area contributed by atoms with Crippen LogP contribution >= 0.6 is 0 Å². The molecule has 2 N–H and O–H groups in total. The summed E-state index contributed by atoms with van der Waals surface area (Å²) >= 11 is 0. The highest BCUT2D eigenvalue weighted by atomic mass is 32.2. The maximum Gasteiger partial charge on any atom is 0.335 e. The summed E-state index contributed by atoms with van der Waals surface area (Å²) in [5, 5.41) is 18.0. The van der Waals surface area contributed by atoms with Crippen molar-refractivity contribution in [3.05, 3.63) is 46.9 Å². The fourth-order valence-corrected chi connectivity index (χ4v) is 4.89. The van der Waals surface area contributed by atoms with Crippen molar-refractivity contribution < 1.29 is 22.7 Å². The Kier molecular flexibility index (Phi) is 7.12. The highest BCUT2D eigenvalue weighted by Crippen LogP contribution is 2.33. The minimum Gasteiger partial charge on any atom is -0.458 e. The molecule has 2 aromatic heterocycles. The largest absolute Gasteiger partial charge is 0.458 e. The number of nitrogens with zero attached hydrogens (tertiary/aromatic N) is 3. The Labute approximate surface area is 214 Å². The van der Waals surface area contributed by atoms with Crippen LogP contribution in [-0.2, 0) is 24.1 Å². The number of aromatic amines is 1. The first kappa shape index (κ1) is 26.4. The Morgan fingerprint density at radius 3 is 2.54 bits per heavy atom. The van der Waals surface area contributed by atoms with Crippen molar-refractivity contribution in [2.24, 2.45) is 5.92 Å². The van der Waals surface area contributed by atoms with E-state index in [2.05, 4.69) is 21.5 Å². The molecule has 37 heavy (non-hydrogen) atoms. The van der Waals surface area contributed by atoms with Crippen LogP contribution < -0.4 is 10.9 Å². The third kappa shape index (κ3) is 5.84. The van der Waals surface area contributed by atoms with Crippen molar-refractivity contribution in [1.82, 2.24) is 14.8 Å². The minimum absolute atomic E-state index is 0.155. The average Bonchev–Trinajstić information content (AvgIpc) is 3.18. The van der Waals surface area contributed by atoms with Gasteiger partial charge in [0.15, 0.2) is 21.8 Å². The normalized spacial score (nSPS) is 19.2. The number of rotatable bonds is 6. The number of ether oxygens (including phenoxy) is 2. The van der Waals surface area contributed by atoms with Crippen LogP contribution in [0.2, 0.25) is 0 Å². The highest BCUT2D eigenvalue weighted by Gasteiger charge is 2.36. The second-order valence-corrected chi connectivity index (χ2v) is 12.1. The number of hydrogen-bond acceptors (Lipinski definition) is 9. The van der Waals surface area contributed by atoms with Crippen LogP contribution in [0.5, 0.6) is 0 Å². The molecule has 3 atom stereocenters. The SMILES string of the molecule is CC(C)(C)OC(=O)C1CCC(C(C#N)n2nc(Nc3ccc(S(C)(=O)=O)cc3)c3c(=O)[nH]ccc32)CO1. The van der Waals surface area contributed by atoms with Crippen LogP contribution in [0.25, 0.3) is 10.9 Å². The first-order valence-electron chi connectivity index (χ1n) is 11.8. The fraction of sp³-hybridized carbons (Fsp3) is 0.440. The van der Waals surface area contributed by atoms with Gasteiger partial charge < -0.3 is 19.8 Å². The van der Waals surface area contributed by atoms with Gasteiger partial charge in [0.25, 0.3) is 5.56 Å². The Hall–Kier alpha value is -3.69. The molecule has 3 heterocycles. The summed E-state index contributed by atoms with van der Waals surface area (Å²) in [6.45, 7) is 5.53. The molecular weight excluding hydrogens is 498 g/mol. The third-order valence-corrected chi connectivity index (χ3v) is 7.13. The molecule has 0 radical (unpaired) electrons. The smallest absolute Gasteiger partial charge is 0.335 e. The topological polar surface area (TPSA) is 156 Å². The first-order valence-corrected chi connectivity index (χ1v) is 13.7. The summed E-state index contributed by atoms with van der Waals surface area (Å²) in [6.07, 6.45) is 2.84. The third-order valence-electron chi connectivity index (χ3n) is 6.00. The van der Waals surface area contributed by atoms with Gasteiger partial charge in [-0.1, -0.05) is 0 Å². The summed E-state index contributed by atoms with van der Waals surface area (Å²) < 4.78 is 36.2. The number of hydrogen-bond donors (Lipinski definition) is 2. The number of carbonyl (C=O) groups is 1. The van der Waals surface area contributed by atoms with Crippen molar-refractivity contribution in [2.75, 3.05) is 18.2 Å². The number of nitrogens with one attached hydrogen (secondary N) is 2. The Morgan fingerprint density at radius 2 is 1.97 bits per heavy atom. The van der Waals surface area contributed by atoms with Crippen LogP contribution in [0.4, 0.5) is 11.5 Å². The molecule has 1 aliphatic rings. The summed E-state index contributed by atoms with van der Waals surface area (Å²) in [4.78, 5) is 27.9. The monoisotopic (exact) mass is 527 g/mol. The summed E-state index contributed by atoms with van der Waals surface area (Å²) in [7, 11) is -3.35. The lowest BCUT2D eigenvalue weighted by molar-refractivity contribution is -0.173. The van der Waals surface area contributed by atoms with Gasteiger partial charge in [-0.05, 0) is 63.9 Å². The van der Waals surface area contributed by atoms with Crippen molar-refractivity contribution in [1.29, 1.82) is 5.26 Å². The molecule has 1 fully saturated rings. The number of nitriles is 1. The van der Waals surface area contributed by atoms with Gasteiger partial charge in [-0.25, -0.2) is 17.9 Å². The van der Waals surface area contributed by atoms with E-state index in [4.69, 9.17) is 9.47 Å². The standard InChI is InChI=1S/C25H29N5O6S/c1-25(2,3)36-24(32)20-10-5-15(14-35-20)19(13-26)30-18-11-12-27-23(31)21(18)22(29-30)28-16-6-8-17(9-7-16)37(4,33)34/h6-9,11-12,15,19-20H,5,10,14H2,1-4H3,(H,27,31)(H,28,29). The number of esters is 1. The maximum atomic E-state index is 12.7. The number of benzene rings is 1. The quantitative estimate of drug-likeness (QED) is 0.460. The molecule has 0 bridgehead atoms. The van der Waals surface area contributed by atoms with E-state index in [0.29, 0.717) is 24.0 Å². The molecule has 11 nitrogen and oxygen atoms in total. The molecule has 3 unspecified atom stereocenters. The number of anilines is 2. The molecule has 1 aromatic carbocycles. The van der Waals surface area contributed by atoms with Gasteiger partial charge in [0.2, 0.25) is 0 Å². The molecule has 196 valence electrons. The van der Waals surface area contributed by atoms with Gasteiger partial charge >= 0.3 is 5.97 Å². The summed E-state index contributed by atoms with van der Waals surface area (Å²) in [5.41, 5.74) is -0.0282. The predicted molar refractivity (Wildman–Crippen MR) is 136 cm³/mol. The summed E-state index contributed by atoms with van der Waals surface area (Å²) in [5.74, 6) is -0.468.